The Labute approximate surface area is 170 Å². The molecular formula is C24H24N2O3. The molecule has 2 heterocycles. The lowest BCUT2D eigenvalue weighted by atomic mass is 9.70. The number of aromatic nitrogens is 1. The zero-order valence-corrected chi connectivity index (χ0v) is 16.7. The van der Waals surface area contributed by atoms with Gasteiger partial charge in [0.15, 0.2) is 5.78 Å². The molecule has 1 aromatic heterocycles. The number of hydrogen-bond acceptors (Lipinski definition) is 5. The van der Waals surface area contributed by atoms with Crippen molar-refractivity contribution in [3.05, 3.63) is 77.3 Å². The van der Waals surface area contributed by atoms with E-state index in [4.69, 9.17) is 9.73 Å². The molecule has 5 heteroatoms. The molecule has 0 fully saturated rings. The predicted molar refractivity (Wildman–Crippen MR) is 111 cm³/mol. The zero-order chi connectivity index (χ0) is 20.4. The first kappa shape index (κ1) is 19.2. The minimum absolute atomic E-state index is 0.0429. The third kappa shape index (κ3) is 3.65. The van der Waals surface area contributed by atoms with Crippen LogP contribution in [-0.4, -0.2) is 29.1 Å². The zero-order valence-electron chi connectivity index (χ0n) is 16.7. The molecule has 0 saturated carbocycles. The number of Topliss-reactive ketones (excluding diaryl/α,β-unsaturated/α-hetero) is 1. The van der Waals surface area contributed by atoms with Gasteiger partial charge in [-0.15, -0.1) is 0 Å². The van der Waals surface area contributed by atoms with Gasteiger partial charge in [-0.1, -0.05) is 36.4 Å². The largest absolute Gasteiger partial charge is 0.465 e. The van der Waals surface area contributed by atoms with Gasteiger partial charge in [0.2, 0.25) is 0 Å². The Hall–Kier alpha value is -3.08. The fraction of sp³-hybridized carbons (Fsp3) is 0.333. The number of ether oxygens (including phenoxy) is 1. The summed E-state index contributed by atoms with van der Waals surface area (Å²) in [6.07, 6.45) is 2.79. The van der Waals surface area contributed by atoms with Crippen LogP contribution < -0.4 is 0 Å². The number of rotatable bonds is 4. The van der Waals surface area contributed by atoms with Gasteiger partial charge >= 0.3 is 5.97 Å². The molecule has 0 radical (unpaired) electrons. The lowest BCUT2D eigenvalue weighted by Gasteiger charge is -2.36. The maximum atomic E-state index is 13.3. The molecule has 29 heavy (non-hydrogen) atoms. The van der Waals surface area contributed by atoms with E-state index >= 15 is 0 Å². The smallest absolute Gasteiger partial charge is 0.315 e. The first-order chi connectivity index (χ1) is 14.1. The van der Waals surface area contributed by atoms with Gasteiger partial charge in [-0.3, -0.25) is 19.6 Å². The van der Waals surface area contributed by atoms with E-state index in [2.05, 4.69) is 17.1 Å². The Bertz CT molecular complexity index is 980. The van der Waals surface area contributed by atoms with Gasteiger partial charge in [0.1, 0.15) is 5.92 Å². The van der Waals surface area contributed by atoms with Crippen LogP contribution in [-0.2, 0) is 14.3 Å². The number of benzene rings is 1. The lowest BCUT2D eigenvalue weighted by molar-refractivity contribution is -0.146. The predicted octanol–water partition coefficient (Wildman–Crippen LogP) is 4.22. The second kappa shape index (κ2) is 8.11. The van der Waals surface area contributed by atoms with E-state index in [1.807, 2.05) is 43.3 Å². The first-order valence-electron chi connectivity index (χ1n) is 10.0. The van der Waals surface area contributed by atoms with Crippen LogP contribution in [0.1, 0.15) is 49.8 Å². The number of allylic oxidation sites excluding steroid dienone is 2. The number of esters is 1. The Kier molecular flexibility index (Phi) is 5.38. The van der Waals surface area contributed by atoms with Crippen LogP contribution in [0.3, 0.4) is 0 Å². The quantitative estimate of drug-likeness (QED) is 0.736. The summed E-state index contributed by atoms with van der Waals surface area (Å²) in [5, 5.41) is 0. The summed E-state index contributed by atoms with van der Waals surface area (Å²) in [6.45, 7) is 3.91. The van der Waals surface area contributed by atoms with E-state index in [1.54, 1.807) is 13.1 Å². The van der Waals surface area contributed by atoms with Crippen molar-refractivity contribution in [3.63, 3.8) is 0 Å². The minimum atomic E-state index is -0.624. The molecule has 0 N–H and O–H groups in total. The molecule has 3 unspecified atom stereocenters. The van der Waals surface area contributed by atoms with Crippen LogP contribution in [0.2, 0.25) is 0 Å². The van der Waals surface area contributed by atoms with Gasteiger partial charge in [0.05, 0.1) is 12.5 Å². The Morgan fingerprint density at radius 2 is 1.86 bits per heavy atom. The van der Waals surface area contributed by atoms with Crippen molar-refractivity contribution in [3.8, 4) is 0 Å². The third-order valence-electron chi connectivity index (χ3n) is 5.71. The van der Waals surface area contributed by atoms with E-state index < -0.39 is 11.8 Å². The topological polar surface area (TPSA) is 68.6 Å². The third-order valence-corrected chi connectivity index (χ3v) is 5.71. The fourth-order valence-electron chi connectivity index (χ4n) is 4.44. The van der Waals surface area contributed by atoms with Gasteiger partial charge in [-0.05, 0) is 43.9 Å². The number of nitrogens with zero attached hydrogens (tertiary/aromatic N) is 2. The summed E-state index contributed by atoms with van der Waals surface area (Å²) in [7, 11) is 0. The Morgan fingerprint density at radius 3 is 2.55 bits per heavy atom. The lowest BCUT2D eigenvalue weighted by Crippen LogP contribution is -2.38. The highest BCUT2D eigenvalue weighted by Gasteiger charge is 2.45. The van der Waals surface area contributed by atoms with E-state index in [9.17, 15) is 9.59 Å². The molecule has 1 aliphatic heterocycles. The molecule has 0 spiro atoms. The van der Waals surface area contributed by atoms with Gasteiger partial charge in [0.25, 0.3) is 0 Å². The molecule has 5 nitrogen and oxygen atoms in total. The average molecular weight is 388 g/mol. The molecule has 1 aliphatic carbocycles. The maximum absolute atomic E-state index is 13.3. The number of aliphatic imine (C=N–C) groups is 1. The van der Waals surface area contributed by atoms with Crippen molar-refractivity contribution in [1.29, 1.82) is 0 Å². The van der Waals surface area contributed by atoms with Gasteiger partial charge in [-0.25, -0.2) is 0 Å². The van der Waals surface area contributed by atoms with E-state index in [0.717, 1.165) is 11.3 Å². The van der Waals surface area contributed by atoms with Crippen LogP contribution in [0.4, 0.5) is 0 Å². The van der Waals surface area contributed by atoms with Crippen molar-refractivity contribution in [1.82, 2.24) is 4.98 Å². The van der Waals surface area contributed by atoms with Crippen LogP contribution in [0, 0.1) is 5.92 Å². The highest BCUT2D eigenvalue weighted by molar-refractivity contribution is 6.09. The molecule has 3 atom stereocenters. The van der Waals surface area contributed by atoms with Gasteiger partial charge in [0, 0.05) is 35.3 Å². The maximum Gasteiger partial charge on any atom is 0.315 e. The summed E-state index contributed by atoms with van der Waals surface area (Å²) in [6, 6.07) is 15.7. The monoisotopic (exact) mass is 388 g/mol. The standard InChI is InChI=1S/C24H24N2O3/c1-3-29-24(28)21-15(2)26-19-13-17(16-9-5-4-6-10-16)14-20(27)22(19)23(21)18-11-7-8-12-25-18/h4-12,17,21,23H,3,13-14H2,1-2H3. The number of pyridine rings is 1. The van der Waals surface area contributed by atoms with Crippen LogP contribution in [0.25, 0.3) is 0 Å². The number of carbonyl (C=O) groups excluding carboxylic acids is 2. The highest BCUT2D eigenvalue weighted by atomic mass is 16.5. The molecule has 0 saturated heterocycles. The molecule has 2 aliphatic rings. The normalized spacial score (nSPS) is 24.0. The van der Waals surface area contributed by atoms with Gasteiger partial charge < -0.3 is 4.74 Å². The second-order valence-corrected chi connectivity index (χ2v) is 7.51. The number of ketones is 1. The number of hydrogen-bond donors (Lipinski definition) is 0. The summed E-state index contributed by atoms with van der Waals surface area (Å²) >= 11 is 0. The molecule has 0 amide bonds. The molecule has 1 aromatic carbocycles. The van der Waals surface area contributed by atoms with Crippen molar-refractivity contribution in [2.75, 3.05) is 6.61 Å². The van der Waals surface area contributed by atoms with Crippen molar-refractivity contribution >= 4 is 17.5 Å². The van der Waals surface area contributed by atoms with Crippen LogP contribution >= 0.6 is 0 Å². The Morgan fingerprint density at radius 1 is 1.10 bits per heavy atom. The summed E-state index contributed by atoms with van der Waals surface area (Å²) in [5.41, 5.74) is 3.93. The fourth-order valence-corrected chi connectivity index (χ4v) is 4.44. The van der Waals surface area contributed by atoms with E-state index in [-0.39, 0.29) is 24.3 Å². The molecule has 148 valence electrons. The van der Waals surface area contributed by atoms with Crippen LogP contribution in [0.5, 0.6) is 0 Å². The van der Waals surface area contributed by atoms with Gasteiger partial charge in [-0.2, -0.15) is 0 Å². The van der Waals surface area contributed by atoms with Crippen molar-refractivity contribution < 1.29 is 14.3 Å². The second-order valence-electron chi connectivity index (χ2n) is 7.51. The molecule has 2 aromatic rings. The average Bonchev–Trinajstić information content (AvgIpc) is 2.74. The Balaban J connectivity index is 1.79. The number of carbonyl (C=O) groups is 2. The highest BCUT2D eigenvalue weighted by Crippen LogP contribution is 2.46. The summed E-state index contributed by atoms with van der Waals surface area (Å²) in [5.74, 6) is -1.29. The molecule has 4 rings (SSSR count). The van der Waals surface area contributed by atoms with E-state index in [0.29, 0.717) is 29.8 Å². The summed E-state index contributed by atoms with van der Waals surface area (Å²) in [4.78, 5) is 35.3. The van der Waals surface area contributed by atoms with Crippen molar-refractivity contribution in [2.24, 2.45) is 10.9 Å². The van der Waals surface area contributed by atoms with E-state index in [1.165, 1.54) is 0 Å². The van der Waals surface area contributed by atoms with Crippen molar-refractivity contribution in [2.45, 2.75) is 38.5 Å². The first-order valence-corrected chi connectivity index (χ1v) is 10.0. The minimum Gasteiger partial charge on any atom is -0.465 e. The summed E-state index contributed by atoms with van der Waals surface area (Å²) < 4.78 is 5.33. The molecular weight excluding hydrogens is 364 g/mol. The van der Waals surface area contributed by atoms with Crippen LogP contribution in [0.15, 0.2) is 71.0 Å². The SMILES string of the molecule is CCOC(=O)C1C(C)=NC2=C(C(=O)CC(c3ccccc3)C2)C1c1ccccn1. The molecule has 0 bridgehead atoms.